The standard InChI is InChI=1S/C17H11Cl2N5O3/c18-10-2-1-3-11(19)14(10)15(25)22-13-6-7-20-17(24-13)23-12-5-4-9(8-21-12)16(26)27/h1-8H,(H,26,27)(H2,20,21,22,23,24,25). The van der Waals surface area contributed by atoms with Crippen molar-refractivity contribution in [2.24, 2.45) is 0 Å². The molecule has 3 N–H and O–H groups in total. The molecule has 0 saturated heterocycles. The summed E-state index contributed by atoms with van der Waals surface area (Å²) in [5.41, 5.74) is 0.194. The van der Waals surface area contributed by atoms with Gasteiger partial charge < -0.3 is 15.7 Å². The lowest BCUT2D eigenvalue weighted by atomic mass is 10.2. The Bertz CT molecular complexity index is 991. The molecule has 0 aliphatic heterocycles. The molecule has 0 aliphatic carbocycles. The molecular weight excluding hydrogens is 393 g/mol. The quantitative estimate of drug-likeness (QED) is 0.591. The predicted molar refractivity (Wildman–Crippen MR) is 101 cm³/mol. The van der Waals surface area contributed by atoms with Crippen LogP contribution in [0.2, 0.25) is 10.0 Å². The first kappa shape index (κ1) is 18.6. The zero-order valence-electron chi connectivity index (χ0n) is 13.5. The van der Waals surface area contributed by atoms with Gasteiger partial charge in [-0.15, -0.1) is 0 Å². The van der Waals surface area contributed by atoms with E-state index >= 15 is 0 Å². The number of rotatable bonds is 5. The molecular formula is C17H11Cl2N5O3. The van der Waals surface area contributed by atoms with Crippen LogP contribution in [0, 0.1) is 0 Å². The summed E-state index contributed by atoms with van der Waals surface area (Å²) in [6.45, 7) is 0. The molecule has 0 bridgehead atoms. The Morgan fingerprint density at radius 3 is 2.33 bits per heavy atom. The fraction of sp³-hybridized carbons (Fsp3) is 0. The lowest BCUT2D eigenvalue weighted by molar-refractivity contribution is 0.0696. The molecule has 3 rings (SSSR count). The molecule has 0 atom stereocenters. The van der Waals surface area contributed by atoms with E-state index in [-0.39, 0.29) is 32.9 Å². The highest BCUT2D eigenvalue weighted by Gasteiger charge is 2.15. The average molecular weight is 404 g/mol. The van der Waals surface area contributed by atoms with Crippen molar-refractivity contribution in [1.82, 2.24) is 15.0 Å². The maximum absolute atomic E-state index is 12.4. The van der Waals surface area contributed by atoms with Crippen LogP contribution in [-0.2, 0) is 0 Å². The van der Waals surface area contributed by atoms with Crippen LogP contribution in [0.25, 0.3) is 0 Å². The topological polar surface area (TPSA) is 117 Å². The lowest BCUT2D eigenvalue weighted by Crippen LogP contribution is -2.14. The van der Waals surface area contributed by atoms with Crippen LogP contribution in [0.1, 0.15) is 20.7 Å². The maximum Gasteiger partial charge on any atom is 0.337 e. The molecule has 1 amide bonds. The molecule has 0 spiro atoms. The molecule has 136 valence electrons. The number of nitrogens with zero attached hydrogens (tertiary/aromatic N) is 3. The molecule has 0 fully saturated rings. The summed E-state index contributed by atoms with van der Waals surface area (Å²) in [5.74, 6) is -0.866. The van der Waals surface area contributed by atoms with Crippen LogP contribution in [0.15, 0.2) is 48.8 Å². The third-order valence-corrected chi connectivity index (χ3v) is 3.97. The number of aromatic nitrogens is 3. The number of anilines is 3. The van der Waals surface area contributed by atoms with Crippen molar-refractivity contribution < 1.29 is 14.7 Å². The minimum Gasteiger partial charge on any atom is -0.478 e. The summed E-state index contributed by atoms with van der Waals surface area (Å²) in [5, 5.41) is 14.7. The third kappa shape index (κ3) is 4.49. The lowest BCUT2D eigenvalue weighted by Gasteiger charge is -2.09. The van der Waals surface area contributed by atoms with Crippen LogP contribution in [0.5, 0.6) is 0 Å². The van der Waals surface area contributed by atoms with Gasteiger partial charge in [0.2, 0.25) is 5.95 Å². The largest absolute Gasteiger partial charge is 0.478 e. The smallest absolute Gasteiger partial charge is 0.337 e. The number of hydrogen-bond donors (Lipinski definition) is 3. The Morgan fingerprint density at radius 1 is 0.963 bits per heavy atom. The molecule has 2 aromatic heterocycles. The summed E-state index contributed by atoms with van der Waals surface area (Å²) in [6, 6.07) is 9.11. The number of carbonyl (C=O) groups is 2. The Hall–Kier alpha value is -3.23. The molecule has 2 heterocycles. The van der Waals surface area contributed by atoms with Gasteiger partial charge in [-0.1, -0.05) is 29.3 Å². The summed E-state index contributed by atoms with van der Waals surface area (Å²) in [6.07, 6.45) is 2.64. The molecule has 1 aromatic carbocycles. The number of aromatic carboxylic acids is 1. The van der Waals surface area contributed by atoms with Crippen molar-refractivity contribution in [3.8, 4) is 0 Å². The summed E-state index contributed by atoms with van der Waals surface area (Å²) >= 11 is 12.0. The van der Waals surface area contributed by atoms with Crippen LogP contribution < -0.4 is 10.6 Å². The monoisotopic (exact) mass is 403 g/mol. The molecule has 0 aliphatic rings. The van der Waals surface area contributed by atoms with E-state index in [1.807, 2.05) is 0 Å². The summed E-state index contributed by atoms with van der Waals surface area (Å²) in [7, 11) is 0. The first-order valence-corrected chi connectivity index (χ1v) is 8.24. The van der Waals surface area contributed by atoms with Gasteiger partial charge >= 0.3 is 5.97 Å². The molecule has 3 aromatic rings. The third-order valence-electron chi connectivity index (χ3n) is 3.34. The first-order valence-electron chi connectivity index (χ1n) is 7.49. The van der Waals surface area contributed by atoms with E-state index in [2.05, 4.69) is 25.6 Å². The highest BCUT2D eigenvalue weighted by Crippen LogP contribution is 2.25. The number of halogens is 2. The van der Waals surface area contributed by atoms with Gasteiger partial charge in [-0.25, -0.2) is 14.8 Å². The highest BCUT2D eigenvalue weighted by atomic mass is 35.5. The van der Waals surface area contributed by atoms with Gasteiger partial charge in [0.1, 0.15) is 11.6 Å². The minimum atomic E-state index is -1.08. The number of benzene rings is 1. The van der Waals surface area contributed by atoms with E-state index in [1.165, 1.54) is 30.6 Å². The molecule has 10 heteroatoms. The minimum absolute atomic E-state index is 0.0547. The van der Waals surface area contributed by atoms with E-state index in [0.29, 0.717) is 5.82 Å². The number of amides is 1. The second-order valence-corrected chi connectivity index (χ2v) is 5.99. The summed E-state index contributed by atoms with van der Waals surface area (Å²) < 4.78 is 0. The maximum atomic E-state index is 12.4. The van der Waals surface area contributed by atoms with Gasteiger partial charge in [0.15, 0.2) is 0 Å². The number of pyridine rings is 1. The fourth-order valence-electron chi connectivity index (χ4n) is 2.09. The van der Waals surface area contributed by atoms with Gasteiger partial charge in [0, 0.05) is 12.4 Å². The Kier molecular flexibility index (Phi) is 5.49. The van der Waals surface area contributed by atoms with Crippen molar-refractivity contribution in [3.05, 3.63) is 70.0 Å². The first-order chi connectivity index (χ1) is 12.9. The number of carboxylic acids is 1. The zero-order valence-corrected chi connectivity index (χ0v) is 15.0. The van der Waals surface area contributed by atoms with Crippen LogP contribution in [0.4, 0.5) is 17.6 Å². The van der Waals surface area contributed by atoms with Crippen molar-refractivity contribution in [1.29, 1.82) is 0 Å². The Labute approximate surface area is 163 Å². The Morgan fingerprint density at radius 2 is 1.70 bits per heavy atom. The van der Waals surface area contributed by atoms with Crippen LogP contribution in [-0.4, -0.2) is 31.9 Å². The second-order valence-electron chi connectivity index (χ2n) is 5.18. The van der Waals surface area contributed by atoms with Gasteiger partial charge in [-0.05, 0) is 30.3 Å². The van der Waals surface area contributed by atoms with Crippen molar-refractivity contribution >= 4 is 52.7 Å². The Balaban J connectivity index is 1.75. The van der Waals surface area contributed by atoms with Crippen LogP contribution in [0.3, 0.4) is 0 Å². The van der Waals surface area contributed by atoms with E-state index in [4.69, 9.17) is 28.3 Å². The number of nitrogens with one attached hydrogen (secondary N) is 2. The van der Waals surface area contributed by atoms with E-state index in [9.17, 15) is 9.59 Å². The van der Waals surface area contributed by atoms with Gasteiger partial charge in [0.05, 0.1) is 21.2 Å². The van der Waals surface area contributed by atoms with Gasteiger partial charge in [-0.3, -0.25) is 4.79 Å². The van der Waals surface area contributed by atoms with Gasteiger partial charge in [-0.2, -0.15) is 4.98 Å². The van der Waals surface area contributed by atoms with Crippen molar-refractivity contribution in [2.75, 3.05) is 10.6 Å². The number of carboxylic acid groups (broad SMARTS) is 1. The second kappa shape index (κ2) is 7.98. The average Bonchev–Trinajstić information content (AvgIpc) is 2.62. The predicted octanol–water partition coefficient (Wildman–Crippen LogP) is 3.87. The van der Waals surface area contributed by atoms with E-state index in [0.717, 1.165) is 0 Å². The van der Waals surface area contributed by atoms with E-state index < -0.39 is 11.9 Å². The number of carbonyl (C=O) groups excluding carboxylic acids is 1. The number of hydrogen-bond acceptors (Lipinski definition) is 6. The molecule has 0 saturated carbocycles. The molecule has 0 radical (unpaired) electrons. The van der Waals surface area contributed by atoms with Gasteiger partial charge in [0.25, 0.3) is 5.91 Å². The van der Waals surface area contributed by atoms with Crippen molar-refractivity contribution in [3.63, 3.8) is 0 Å². The van der Waals surface area contributed by atoms with E-state index in [1.54, 1.807) is 18.2 Å². The highest BCUT2D eigenvalue weighted by molar-refractivity contribution is 6.40. The molecule has 0 unspecified atom stereocenters. The zero-order chi connectivity index (χ0) is 19.4. The SMILES string of the molecule is O=C(O)c1ccc(Nc2nccc(NC(=O)c3c(Cl)cccc3Cl)n2)nc1. The van der Waals surface area contributed by atoms with Crippen molar-refractivity contribution in [2.45, 2.75) is 0 Å². The summed E-state index contributed by atoms with van der Waals surface area (Å²) in [4.78, 5) is 35.4. The fourth-order valence-corrected chi connectivity index (χ4v) is 2.66. The molecule has 8 nitrogen and oxygen atoms in total. The van der Waals surface area contributed by atoms with Crippen LogP contribution >= 0.6 is 23.2 Å². The molecule has 27 heavy (non-hydrogen) atoms. The normalized spacial score (nSPS) is 10.3.